The van der Waals surface area contributed by atoms with E-state index >= 15 is 4.79 Å². The van der Waals surface area contributed by atoms with Gasteiger partial charge < -0.3 is 19.8 Å². The number of benzene rings is 2. The Morgan fingerprint density at radius 2 is 1.56 bits per heavy atom. The van der Waals surface area contributed by atoms with Crippen LogP contribution in [0.15, 0.2) is 59.7 Å². The van der Waals surface area contributed by atoms with Crippen molar-refractivity contribution in [2.24, 2.45) is 4.99 Å². The third-order valence-corrected chi connectivity index (χ3v) is 10.0. The predicted octanol–water partition coefficient (Wildman–Crippen LogP) is 5.85. The van der Waals surface area contributed by atoms with Gasteiger partial charge in [-0.3, -0.25) is 14.8 Å². The largest absolute Gasteiger partial charge is 0.477 e. The van der Waals surface area contributed by atoms with Gasteiger partial charge in [0.2, 0.25) is 5.88 Å². The van der Waals surface area contributed by atoms with E-state index in [-0.39, 0.29) is 18.1 Å². The zero-order chi connectivity index (χ0) is 34.9. The minimum Gasteiger partial charge on any atom is -0.477 e. The molecule has 1 aromatic heterocycles. The van der Waals surface area contributed by atoms with E-state index in [2.05, 4.69) is 4.90 Å². The quantitative estimate of drug-likeness (QED) is 0.288. The zero-order valence-corrected chi connectivity index (χ0v) is 30.1. The van der Waals surface area contributed by atoms with E-state index < -0.39 is 17.2 Å². The first-order valence-electron chi connectivity index (χ1n) is 16.5. The highest BCUT2D eigenvalue weighted by Crippen LogP contribution is 2.54. The summed E-state index contributed by atoms with van der Waals surface area (Å²) in [5.74, 6) is 1.39. The van der Waals surface area contributed by atoms with Crippen molar-refractivity contribution in [2.45, 2.75) is 70.6 Å². The minimum absolute atomic E-state index is 0.207. The highest BCUT2D eigenvalue weighted by atomic mass is 35.5. The van der Waals surface area contributed by atoms with Crippen molar-refractivity contribution < 1.29 is 19.7 Å². The van der Waals surface area contributed by atoms with Crippen LogP contribution < -0.4 is 4.74 Å². The maximum absolute atomic E-state index is 15.1. The number of halogens is 2. The summed E-state index contributed by atoms with van der Waals surface area (Å²) < 4.78 is 6.14. The Bertz CT molecular complexity index is 1620. The zero-order valence-electron chi connectivity index (χ0n) is 28.6. The van der Waals surface area contributed by atoms with E-state index in [1.54, 1.807) is 11.1 Å². The molecule has 1 saturated heterocycles. The molecule has 0 unspecified atom stereocenters. The number of hydrogen-bond donors (Lipinski definition) is 2. The molecule has 3 atom stereocenters. The molecule has 5 rings (SSSR count). The van der Waals surface area contributed by atoms with Crippen LogP contribution in [-0.2, 0) is 16.5 Å². The van der Waals surface area contributed by atoms with Gasteiger partial charge in [-0.1, -0.05) is 68.2 Å². The molecule has 0 aliphatic carbocycles. The number of nitrogens with zero attached hydrogens (tertiary/aromatic N) is 6. The summed E-state index contributed by atoms with van der Waals surface area (Å²) in [6, 6.07) is 14.9. The van der Waals surface area contributed by atoms with Gasteiger partial charge in [0.15, 0.2) is 0 Å². The lowest BCUT2D eigenvalue weighted by Crippen LogP contribution is -2.60. The van der Waals surface area contributed by atoms with Crippen LogP contribution in [0, 0.1) is 0 Å². The number of ether oxygens (including phenoxy) is 1. The highest BCUT2D eigenvalue weighted by molar-refractivity contribution is 6.30. The fourth-order valence-electron chi connectivity index (χ4n) is 6.42. The molecule has 2 aromatic carbocycles. The van der Waals surface area contributed by atoms with Gasteiger partial charge in [0.25, 0.3) is 0 Å². The maximum Gasteiger partial charge on any atom is 0.326 e. The summed E-state index contributed by atoms with van der Waals surface area (Å²) in [7, 11) is 0. The number of carbonyl (C=O) groups excluding carboxylic acids is 1. The van der Waals surface area contributed by atoms with Gasteiger partial charge in [-0.15, -0.1) is 0 Å². The number of aliphatic hydroxyl groups excluding tert-OH is 2. The molecular weight excluding hydrogens is 651 g/mol. The van der Waals surface area contributed by atoms with Gasteiger partial charge in [0.1, 0.15) is 22.7 Å². The number of rotatable bonds is 9. The molecular formula is C36H46Cl2N6O4. The standard InChI is InChI=1S/C36H46Cl2N6O4/c1-7-48-31-29(22-39-32(40-31)34(2,3)4)30-41-35(5,24-8-12-26(37)13-9-24)36(6,25-10-14-27(38)15-11-25)44(30)33(47)43-20-18-42(19-21-43)17-16-28(46)23-45/h8-15,22,28,45-46H,7,16-21,23H2,1-6H3/t28-,35+,36-/m1/s1. The smallest absolute Gasteiger partial charge is 0.326 e. The molecule has 3 aromatic rings. The third kappa shape index (κ3) is 6.91. The SMILES string of the molecule is CCOc1nc(C(C)(C)C)ncc1C1=N[C@@](C)(c2ccc(Cl)cc2)[C@@](C)(c2ccc(Cl)cc2)N1C(=O)N1CCN(CC[C@@H](O)CO)CC1. The van der Waals surface area contributed by atoms with E-state index in [9.17, 15) is 10.2 Å². The van der Waals surface area contributed by atoms with E-state index in [1.165, 1.54) is 0 Å². The number of carbonyl (C=O) groups is 1. The van der Waals surface area contributed by atoms with Crippen molar-refractivity contribution in [3.05, 3.63) is 87.3 Å². The summed E-state index contributed by atoms with van der Waals surface area (Å²) in [5, 5.41) is 20.3. The van der Waals surface area contributed by atoms with Gasteiger partial charge in [0.05, 0.1) is 24.9 Å². The van der Waals surface area contributed by atoms with Crippen molar-refractivity contribution in [3.63, 3.8) is 0 Å². The van der Waals surface area contributed by atoms with Crippen molar-refractivity contribution in [1.82, 2.24) is 24.7 Å². The molecule has 2 aliphatic heterocycles. The van der Waals surface area contributed by atoms with E-state index in [4.69, 9.17) is 42.9 Å². The first kappa shape index (κ1) is 36.0. The lowest BCUT2D eigenvalue weighted by molar-refractivity contribution is 0.0624. The van der Waals surface area contributed by atoms with Gasteiger partial charge in [-0.2, -0.15) is 4.98 Å². The van der Waals surface area contributed by atoms with Gasteiger partial charge in [-0.25, -0.2) is 9.78 Å². The number of aromatic nitrogens is 2. The van der Waals surface area contributed by atoms with Crippen molar-refractivity contribution in [2.75, 3.05) is 45.9 Å². The molecule has 0 bridgehead atoms. The second kappa shape index (κ2) is 14.3. The van der Waals surface area contributed by atoms with Gasteiger partial charge in [-0.05, 0) is 62.6 Å². The Morgan fingerprint density at radius 1 is 0.979 bits per heavy atom. The van der Waals surface area contributed by atoms with Crippen LogP contribution in [0.2, 0.25) is 10.0 Å². The van der Waals surface area contributed by atoms with E-state index in [0.29, 0.717) is 78.9 Å². The number of amidine groups is 1. The molecule has 2 amide bonds. The van der Waals surface area contributed by atoms with Crippen LogP contribution in [0.4, 0.5) is 4.79 Å². The second-order valence-electron chi connectivity index (χ2n) is 13.8. The van der Waals surface area contributed by atoms with Crippen molar-refractivity contribution >= 4 is 35.1 Å². The molecule has 0 radical (unpaired) electrons. The summed E-state index contributed by atoms with van der Waals surface area (Å²) >= 11 is 12.7. The van der Waals surface area contributed by atoms with Crippen LogP contribution in [0.3, 0.4) is 0 Å². The summed E-state index contributed by atoms with van der Waals surface area (Å²) in [6.07, 6.45) is 1.43. The molecule has 1 fully saturated rings. The van der Waals surface area contributed by atoms with Crippen molar-refractivity contribution in [1.29, 1.82) is 0 Å². The molecule has 48 heavy (non-hydrogen) atoms. The van der Waals surface area contributed by atoms with Crippen LogP contribution in [0.5, 0.6) is 5.88 Å². The normalized spacial score (nSPS) is 22.5. The van der Waals surface area contributed by atoms with E-state index in [1.807, 2.05) is 95.0 Å². The maximum atomic E-state index is 15.1. The summed E-state index contributed by atoms with van der Waals surface area (Å²) in [5.41, 5.74) is -0.141. The van der Waals surface area contributed by atoms with E-state index in [0.717, 1.165) is 11.1 Å². The molecule has 2 aliphatic rings. The van der Waals surface area contributed by atoms with Gasteiger partial charge in [0, 0.05) is 54.4 Å². The molecule has 12 heteroatoms. The lowest BCUT2D eigenvalue weighted by Gasteiger charge is -2.47. The van der Waals surface area contributed by atoms with Crippen LogP contribution >= 0.6 is 23.2 Å². The second-order valence-corrected chi connectivity index (χ2v) is 14.6. The molecule has 0 saturated carbocycles. The molecule has 258 valence electrons. The Labute approximate surface area is 293 Å². The Hall–Kier alpha value is -3.28. The summed E-state index contributed by atoms with van der Waals surface area (Å²) in [4.78, 5) is 36.0. The van der Waals surface area contributed by atoms with Crippen LogP contribution in [0.25, 0.3) is 0 Å². The highest BCUT2D eigenvalue weighted by Gasteiger charge is 2.60. The molecule has 10 nitrogen and oxygen atoms in total. The van der Waals surface area contributed by atoms with Crippen LogP contribution in [0.1, 0.15) is 70.5 Å². The fraction of sp³-hybridized carbons (Fsp3) is 0.500. The Morgan fingerprint density at radius 3 is 2.10 bits per heavy atom. The number of aliphatic imine (C=N–C) groups is 1. The minimum atomic E-state index is -1.05. The third-order valence-electron chi connectivity index (χ3n) is 9.52. The predicted molar refractivity (Wildman–Crippen MR) is 189 cm³/mol. The fourth-order valence-corrected chi connectivity index (χ4v) is 6.67. The number of aliphatic hydroxyl groups is 2. The van der Waals surface area contributed by atoms with Crippen LogP contribution in [-0.4, -0.2) is 98.8 Å². The lowest BCUT2D eigenvalue weighted by atomic mass is 9.71. The topological polar surface area (TPSA) is 115 Å². The average molecular weight is 698 g/mol. The number of piperazine rings is 1. The number of hydrogen-bond acceptors (Lipinski definition) is 8. The molecule has 0 spiro atoms. The Balaban J connectivity index is 1.67. The monoisotopic (exact) mass is 696 g/mol. The Kier molecular flexibility index (Phi) is 10.7. The molecule has 3 heterocycles. The number of amides is 2. The average Bonchev–Trinajstić information content (AvgIpc) is 3.31. The summed E-state index contributed by atoms with van der Waals surface area (Å²) in [6.45, 7) is 15.0. The molecule has 2 N–H and O–H groups in total. The first-order chi connectivity index (χ1) is 22.7. The van der Waals surface area contributed by atoms with Crippen molar-refractivity contribution in [3.8, 4) is 5.88 Å². The number of urea groups is 1. The first-order valence-corrected chi connectivity index (χ1v) is 17.2. The van der Waals surface area contributed by atoms with Gasteiger partial charge >= 0.3 is 6.03 Å².